The summed E-state index contributed by atoms with van der Waals surface area (Å²) in [5.74, 6) is -0.135. The number of hydrogen-bond donors (Lipinski definition) is 1. The Kier molecular flexibility index (Phi) is 5.53. The number of aryl methyl sites for hydroxylation is 1. The summed E-state index contributed by atoms with van der Waals surface area (Å²) in [7, 11) is -2.21. The normalized spacial score (nSPS) is 15.1. The highest BCUT2D eigenvalue weighted by molar-refractivity contribution is 7.89. The standard InChI is InChI=1S/C20H25N3O3S/c1-15-6-4-9-19(16(15)2)22-10-12-23(13-11-22)20(24)17-7-5-8-18(14-17)27(25,26)21-3/h4-9,14,21H,10-13H2,1-3H3. The zero-order valence-corrected chi connectivity index (χ0v) is 16.7. The Hall–Kier alpha value is -2.38. The average Bonchev–Trinajstić information content (AvgIpc) is 2.70. The number of sulfonamides is 1. The Labute approximate surface area is 160 Å². The summed E-state index contributed by atoms with van der Waals surface area (Å²) in [4.78, 5) is 17.0. The third-order valence-electron chi connectivity index (χ3n) is 5.14. The number of amides is 1. The lowest BCUT2D eigenvalue weighted by Crippen LogP contribution is -2.49. The molecule has 1 aliphatic rings. The van der Waals surface area contributed by atoms with Gasteiger partial charge in [0.2, 0.25) is 10.0 Å². The molecule has 27 heavy (non-hydrogen) atoms. The van der Waals surface area contributed by atoms with Crippen molar-refractivity contribution in [2.75, 3.05) is 38.1 Å². The molecule has 0 bridgehead atoms. The van der Waals surface area contributed by atoms with Gasteiger partial charge in [-0.25, -0.2) is 13.1 Å². The average molecular weight is 388 g/mol. The van der Waals surface area contributed by atoms with E-state index in [4.69, 9.17) is 0 Å². The molecule has 144 valence electrons. The largest absolute Gasteiger partial charge is 0.368 e. The molecular formula is C20H25N3O3S. The van der Waals surface area contributed by atoms with Gasteiger partial charge in [-0.15, -0.1) is 0 Å². The van der Waals surface area contributed by atoms with E-state index in [0.29, 0.717) is 18.7 Å². The van der Waals surface area contributed by atoms with Crippen molar-refractivity contribution in [2.45, 2.75) is 18.7 Å². The summed E-state index contributed by atoms with van der Waals surface area (Å²) < 4.78 is 26.2. The molecule has 0 aromatic heterocycles. The highest BCUT2D eigenvalue weighted by Crippen LogP contribution is 2.24. The van der Waals surface area contributed by atoms with Crippen molar-refractivity contribution in [2.24, 2.45) is 0 Å². The molecule has 1 aliphatic heterocycles. The van der Waals surface area contributed by atoms with Crippen molar-refractivity contribution >= 4 is 21.6 Å². The van der Waals surface area contributed by atoms with E-state index in [1.807, 2.05) is 0 Å². The molecule has 0 aliphatic carbocycles. The first kappa shape index (κ1) is 19.4. The molecule has 0 radical (unpaired) electrons. The number of piperazine rings is 1. The summed E-state index contributed by atoms with van der Waals surface area (Å²) in [5.41, 5.74) is 4.13. The Bertz CT molecular complexity index is 949. The van der Waals surface area contributed by atoms with Crippen LogP contribution in [0.1, 0.15) is 21.5 Å². The van der Waals surface area contributed by atoms with E-state index >= 15 is 0 Å². The van der Waals surface area contributed by atoms with Gasteiger partial charge in [0.05, 0.1) is 4.90 Å². The van der Waals surface area contributed by atoms with Gasteiger partial charge in [-0.05, 0) is 56.3 Å². The summed E-state index contributed by atoms with van der Waals surface area (Å²) in [6.45, 7) is 6.94. The molecule has 0 atom stereocenters. The highest BCUT2D eigenvalue weighted by Gasteiger charge is 2.24. The molecule has 1 fully saturated rings. The molecule has 3 rings (SSSR count). The van der Waals surface area contributed by atoms with E-state index in [1.54, 1.807) is 17.0 Å². The van der Waals surface area contributed by atoms with Crippen molar-refractivity contribution in [3.63, 3.8) is 0 Å². The molecule has 2 aromatic carbocycles. The summed E-state index contributed by atoms with van der Waals surface area (Å²) >= 11 is 0. The van der Waals surface area contributed by atoms with Gasteiger partial charge in [-0.1, -0.05) is 18.2 Å². The van der Waals surface area contributed by atoms with Crippen molar-refractivity contribution in [3.8, 4) is 0 Å². The highest BCUT2D eigenvalue weighted by atomic mass is 32.2. The summed E-state index contributed by atoms with van der Waals surface area (Å²) in [5, 5.41) is 0. The smallest absolute Gasteiger partial charge is 0.254 e. The second kappa shape index (κ2) is 7.70. The molecular weight excluding hydrogens is 362 g/mol. The van der Waals surface area contributed by atoms with E-state index in [0.717, 1.165) is 13.1 Å². The van der Waals surface area contributed by atoms with Gasteiger partial charge in [-0.3, -0.25) is 4.79 Å². The van der Waals surface area contributed by atoms with Gasteiger partial charge in [0.15, 0.2) is 0 Å². The zero-order valence-electron chi connectivity index (χ0n) is 15.9. The van der Waals surface area contributed by atoms with Crippen LogP contribution in [0.15, 0.2) is 47.4 Å². The molecule has 0 spiro atoms. The van der Waals surface area contributed by atoms with Crippen molar-refractivity contribution in [1.29, 1.82) is 0 Å². The van der Waals surface area contributed by atoms with E-state index in [-0.39, 0.29) is 10.8 Å². The van der Waals surface area contributed by atoms with Crippen LogP contribution in [-0.2, 0) is 10.0 Å². The SMILES string of the molecule is CNS(=O)(=O)c1cccc(C(=O)N2CCN(c3cccc(C)c3C)CC2)c1. The number of carbonyl (C=O) groups is 1. The van der Waals surface area contributed by atoms with Crippen LogP contribution < -0.4 is 9.62 Å². The van der Waals surface area contributed by atoms with Crippen molar-refractivity contribution in [1.82, 2.24) is 9.62 Å². The van der Waals surface area contributed by atoms with E-state index < -0.39 is 10.0 Å². The summed E-state index contributed by atoms with van der Waals surface area (Å²) in [6.07, 6.45) is 0. The Morgan fingerprint density at radius 1 is 1.00 bits per heavy atom. The van der Waals surface area contributed by atoms with Crippen LogP contribution in [0.5, 0.6) is 0 Å². The maximum atomic E-state index is 12.8. The van der Waals surface area contributed by atoms with Crippen LogP contribution in [0.3, 0.4) is 0 Å². The van der Waals surface area contributed by atoms with Gasteiger partial charge in [0.1, 0.15) is 0 Å². The van der Waals surface area contributed by atoms with Gasteiger partial charge >= 0.3 is 0 Å². The molecule has 6 nitrogen and oxygen atoms in total. The first-order chi connectivity index (χ1) is 12.8. The first-order valence-electron chi connectivity index (χ1n) is 8.97. The molecule has 0 unspecified atom stereocenters. The third kappa shape index (κ3) is 3.99. The lowest BCUT2D eigenvalue weighted by molar-refractivity contribution is 0.0746. The molecule has 1 heterocycles. The number of nitrogens with one attached hydrogen (secondary N) is 1. The topological polar surface area (TPSA) is 69.7 Å². The minimum atomic E-state index is -3.57. The second-order valence-electron chi connectivity index (χ2n) is 6.73. The van der Waals surface area contributed by atoms with Crippen LogP contribution >= 0.6 is 0 Å². The van der Waals surface area contributed by atoms with Crippen LogP contribution in [-0.4, -0.2) is 52.5 Å². The van der Waals surface area contributed by atoms with Gasteiger partial charge in [0, 0.05) is 37.4 Å². The van der Waals surface area contributed by atoms with E-state index in [9.17, 15) is 13.2 Å². The van der Waals surface area contributed by atoms with Crippen molar-refractivity contribution in [3.05, 3.63) is 59.2 Å². The number of nitrogens with zero attached hydrogens (tertiary/aromatic N) is 2. The molecule has 7 heteroatoms. The first-order valence-corrected chi connectivity index (χ1v) is 10.5. The summed E-state index contributed by atoms with van der Waals surface area (Å²) in [6, 6.07) is 12.5. The number of hydrogen-bond acceptors (Lipinski definition) is 4. The quantitative estimate of drug-likeness (QED) is 0.873. The molecule has 1 amide bonds. The number of rotatable bonds is 4. The lowest BCUT2D eigenvalue weighted by Gasteiger charge is -2.37. The molecule has 1 saturated heterocycles. The van der Waals surface area contributed by atoms with E-state index in [1.165, 1.54) is 36.0 Å². The maximum Gasteiger partial charge on any atom is 0.254 e. The fraction of sp³-hybridized carbons (Fsp3) is 0.350. The van der Waals surface area contributed by atoms with Crippen LogP contribution in [0.25, 0.3) is 0 Å². The lowest BCUT2D eigenvalue weighted by atomic mass is 10.1. The predicted molar refractivity (Wildman–Crippen MR) is 107 cm³/mol. The van der Waals surface area contributed by atoms with Crippen LogP contribution in [0.2, 0.25) is 0 Å². The molecule has 2 aromatic rings. The van der Waals surface area contributed by atoms with Gasteiger partial charge in [-0.2, -0.15) is 0 Å². The Morgan fingerprint density at radius 2 is 1.67 bits per heavy atom. The van der Waals surface area contributed by atoms with E-state index in [2.05, 4.69) is 41.7 Å². The molecule has 1 N–H and O–H groups in total. The fourth-order valence-corrected chi connectivity index (χ4v) is 4.10. The van der Waals surface area contributed by atoms with Crippen LogP contribution in [0.4, 0.5) is 5.69 Å². The zero-order chi connectivity index (χ0) is 19.6. The maximum absolute atomic E-state index is 12.8. The number of anilines is 1. The monoisotopic (exact) mass is 387 g/mol. The van der Waals surface area contributed by atoms with Crippen LogP contribution in [0, 0.1) is 13.8 Å². The third-order valence-corrected chi connectivity index (χ3v) is 6.56. The number of benzene rings is 2. The minimum absolute atomic E-state index is 0.102. The Morgan fingerprint density at radius 3 is 2.33 bits per heavy atom. The fourth-order valence-electron chi connectivity index (χ4n) is 3.33. The van der Waals surface area contributed by atoms with Crippen molar-refractivity contribution < 1.29 is 13.2 Å². The van der Waals surface area contributed by atoms with Gasteiger partial charge < -0.3 is 9.80 Å². The second-order valence-corrected chi connectivity index (χ2v) is 8.62. The molecule has 0 saturated carbocycles. The van der Waals surface area contributed by atoms with Gasteiger partial charge in [0.25, 0.3) is 5.91 Å². The number of carbonyl (C=O) groups excluding carboxylic acids is 1. The minimum Gasteiger partial charge on any atom is -0.368 e. The Balaban J connectivity index is 1.72. The predicted octanol–water partition coefficient (Wildman–Crippen LogP) is 2.17.